The van der Waals surface area contributed by atoms with Gasteiger partial charge in [0, 0.05) is 12.8 Å². The van der Waals surface area contributed by atoms with E-state index in [1.54, 1.807) is 0 Å². The first-order valence-corrected chi connectivity index (χ1v) is 5.82. The number of rotatable bonds is 5. The van der Waals surface area contributed by atoms with Crippen LogP contribution in [0.25, 0.3) is 0 Å². The second kappa shape index (κ2) is 5.47. The normalized spacial score (nSPS) is 22.7. The minimum atomic E-state index is -0.123. The van der Waals surface area contributed by atoms with Crippen LogP contribution in [0.3, 0.4) is 0 Å². The van der Waals surface area contributed by atoms with Crippen molar-refractivity contribution in [1.29, 1.82) is 0 Å². The molecular formula is C11H19NO3. The van der Waals surface area contributed by atoms with Gasteiger partial charge in [-0.15, -0.1) is 0 Å². The standard InChI is InChI=1S/C11H19NO3/c13-11(8-12-7-9-1-2-9)15-10-3-5-14-6-4-10/h9-10,12H,1-8H2. The molecule has 86 valence electrons. The third kappa shape index (κ3) is 4.18. The van der Waals surface area contributed by atoms with Crippen molar-refractivity contribution in [3.8, 4) is 0 Å². The van der Waals surface area contributed by atoms with Gasteiger partial charge < -0.3 is 14.8 Å². The lowest BCUT2D eigenvalue weighted by atomic mass is 10.1. The SMILES string of the molecule is O=C(CNCC1CC1)OC1CCOCC1. The zero-order valence-corrected chi connectivity index (χ0v) is 9.04. The summed E-state index contributed by atoms with van der Waals surface area (Å²) >= 11 is 0. The number of nitrogens with one attached hydrogen (secondary N) is 1. The third-order valence-corrected chi connectivity index (χ3v) is 2.87. The molecule has 1 saturated carbocycles. The van der Waals surface area contributed by atoms with E-state index >= 15 is 0 Å². The predicted molar refractivity (Wildman–Crippen MR) is 55.5 cm³/mol. The van der Waals surface area contributed by atoms with Crippen molar-refractivity contribution >= 4 is 5.97 Å². The minimum Gasteiger partial charge on any atom is -0.461 e. The molecule has 0 amide bonds. The van der Waals surface area contributed by atoms with Crippen LogP contribution in [0.4, 0.5) is 0 Å². The van der Waals surface area contributed by atoms with E-state index in [2.05, 4.69) is 5.32 Å². The van der Waals surface area contributed by atoms with Gasteiger partial charge in [-0.05, 0) is 25.3 Å². The van der Waals surface area contributed by atoms with Crippen LogP contribution in [-0.4, -0.2) is 38.4 Å². The first-order chi connectivity index (χ1) is 7.34. The summed E-state index contributed by atoms with van der Waals surface area (Å²) in [6.07, 6.45) is 4.38. The molecule has 2 rings (SSSR count). The van der Waals surface area contributed by atoms with E-state index in [1.807, 2.05) is 0 Å². The smallest absolute Gasteiger partial charge is 0.320 e. The summed E-state index contributed by atoms with van der Waals surface area (Å²) < 4.78 is 10.5. The van der Waals surface area contributed by atoms with Gasteiger partial charge in [-0.3, -0.25) is 4.79 Å². The highest BCUT2D eigenvalue weighted by molar-refractivity contribution is 5.71. The van der Waals surface area contributed by atoms with Crippen molar-refractivity contribution in [2.75, 3.05) is 26.3 Å². The van der Waals surface area contributed by atoms with Crippen LogP contribution in [0, 0.1) is 5.92 Å². The Labute approximate surface area is 90.3 Å². The van der Waals surface area contributed by atoms with Crippen LogP contribution in [0.1, 0.15) is 25.7 Å². The Morgan fingerprint density at radius 1 is 1.27 bits per heavy atom. The first kappa shape index (κ1) is 10.9. The molecule has 1 heterocycles. The molecule has 1 aliphatic heterocycles. The monoisotopic (exact) mass is 213 g/mol. The second-order valence-corrected chi connectivity index (χ2v) is 4.38. The molecule has 0 radical (unpaired) electrons. The number of ether oxygens (including phenoxy) is 2. The van der Waals surface area contributed by atoms with Gasteiger partial charge in [0.25, 0.3) is 0 Å². The average molecular weight is 213 g/mol. The molecule has 4 heteroatoms. The highest BCUT2D eigenvalue weighted by Crippen LogP contribution is 2.27. The molecule has 1 aliphatic carbocycles. The zero-order valence-electron chi connectivity index (χ0n) is 9.04. The summed E-state index contributed by atoms with van der Waals surface area (Å²) in [6, 6.07) is 0. The van der Waals surface area contributed by atoms with Gasteiger partial charge in [-0.1, -0.05) is 0 Å². The number of carbonyl (C=O) groups excluding carboxylic acids is 1. The Bertz CT molecular complexity index is 210. The third-order valence-electron chi connectivity index (χ3n) is 2.87. The van der Waals surface area contributed by atoms with Gasteiger partial charge in [-0.25, -0.2) is 0 Å². The van der Waals surface area contributed by atoms with E-state index in [1.165, 1.54) is 12.8 Å². The fraction of sp³-hybridized carbons (Fsp3) is 0.909. The van der Waals surface area contributed by atoms with Crippen LogP contribution < -0.4 is 5.32 Å². The van der Waals surface area contributed by atoms with Gasteiger partial charge in [0.15, 0.2) is 0 Å². The van der Waals surface area contributed by atoms with E-state index in [0.29, 0.717) is 19.8 Å². The summed E-state index contributed by atoms with van der Waals surface area (Å²) in [5, 5.41) is 3.13. The Balaban J connectivity index is 1.54. The summed E-state index contributed by atoms with van der Waals surface area (Å²) in [4.78, 5) is 11.4. The van der Waals surface area contributed by atoms with Crippen molar-refractivity contribution in [2.45, 2.75) is 31.8 Å². The molecule has 0 atom stereocenters. The van der Waals surface area contributed by atoms with Gasteiger partial charge in [-0.2, -0.15) is 0 Å². The number of hydrogen-bond acceptors (Lipinski definition) is 4. The number of carbonyl (C=O) groups is 1. The molecular weight excluding hydrogens is 194 g/mol. The molecule has 0 aromatic rings. The molecule has 4 nitrogen and oxygen atoms in total. The maximum atomic E-state index is 11.4. The first-order valence-electron chi connectivity index (χ1n) is 5.82. The summed E-state index contributed by atoms with van der Waals surface area (Å²) in [5.74, 6) is 0.684. The Morgan fingerprint density at radius 2 is 2.00 bits per heavy atom. The van der Waals surface area contributed by atoms with Crippen LogP contribution >= 0.6 is 0 Å². The van der Waals surface area contributed by atoms with E-state index in [9.17, 15) is 4.79 Å². The van der Waals surface area contributed by atoms with Gasteiger partial charge in [0.05, 0.1) is 19.8 Å². The van der Waals surface area contributed by atoms with Crippen molar-refractivity contribution in [3.05, 3.63) is 0 Å². The fourth-order valence-corrected chi connectivity index (χ4v) is 1.72. The fourth-order valence-electron chi connectivity index (χ4n) is 1.72. The lowest BCUT2D eigenvalue weighted by Crippen LogP contribution is -2.32. The lowest BCUT2D eigenvalue weighted by molar-refractivity contribution is -0.151. The molecule has 0 unspecified atom stereocenters. The molecule has 15 heavy (non-hydrogen) atoms. The van der Waals surface area contributed by atoms with E-state index in [4.69, 9.17) is 9.47 Å². The van der Waals surface area contributed by atoms with E-state index in [-0.39, 0.29) is 12.1 Å². The largest absolute Gasteiger partial charge is 0.461 e. The molecule has 2 fully saturated rings. The lowest BCUT2D eigenvalue weighted by Gasteiger charge is -2.22. The molecule has 2 aliphatic rings. The Kier molecular flexibility index (Phi) is 3.97. The van der Waals surface area contributed by atoms with Gasteiger partial charge >= 0.3 is 5.97 Å². The number of hydrogen-bond donors (Lipinski definition) is 1. The molecule has 0 aromatic carbocycles. The van der Waals surface area contributed by atoms with Crippen LogP contribution in [0.2, 0.25) is 0 Å². The van der Waals surface area contributed by atoms with Gasteiger partial charge in [0.1, 0.15) is 6.10 Å². The molecule has 0 aromatic heterocycles. The maximum absolute atomic E-state index is 11.4. The quantitative estimate of drug-likeness (QED) is 0.683. The molecule has 0 bridgehead atoms. The van der Waals surface area contributed by atoms with Crippen LogP contribution in [0.5, 0.6) is 0 Å². The van der Waals surface area contributed by atoms with Crippen molar-refractivity contribution in [3.63, 3.8) is 0 Å². The summed E-state index contributed by atoms with van der Waals surface area (Å²) in [5.41, 5.74) is 0. The Morgan fingerprint density at radius 3 is 2.67 bits per heavy atom. The highest BCUT2D eigenvalue weighted by Gasteiger charge is 2.21. The van der Waals surface area contributed by atoms with Crippen molar-refractivity contribution < 1.29 is 14.3 Å². The molecule has 1 N–H and O–H groups in total. The zero-order chi connectivity index (χ0) is 10.5. The average Bonchev–Trinajstić information content (AvgIpc) is 3.03. The van der Waals surface area contributed by atoms with Crippen LogP contribution in [-0.2, 0) is 14.3 Å². The van der Waals surface area contributed by atoms with E-state index < -0.39 is 0 Å². The second-order valence-electron chi connectivity index (χ2n) is 4.38. The topological polar surface area (TPSA) is 47.6 Å². The summed E-state index contributed by atoms with van der Waals surface area (Å²) in [7, 11) is 0. The summed E-state index contributed by atoms with van der Waals surface area (Å²) in [6.45, 7) is 2.75. The van der Waals surface area contributed by atoms with Crippen LogP contribution in [0.15, 0.2) is 0 Å². The molecule has 0 spiro atoms. The maximum Gasteiger partial charge on any atom is 0.320 e. The highest BCUT2D eigenvalue weighted by atomic mass is 16.6. The molecule has 1 saturated heterocycles. The Hall–Kier alpha value is -0.610. The van der Waals surface area contributed by atoms with Crippen molar-refractivity contribution in [2.24, 2.45) is 5.92 Å². The van der Waals surface area contributed by atoms with Crippen molar-refractivity contribution in [1.82, 2.24) is 5.32 Å². The van der Waals surface area contributed by atoms with Gasteiger partial charge in [0.2, 0.25) is 0 Å². The van der Waals surface area contributed by atoms with E-state index in [0.717, 1.165) is 25.3 Å². The minimum absolute atomic E-state index is 0.0778. The number of esters is 1. The predicted octanol–water partition coefficient (Wildman–Crippen LogP) is 0.708.